The molecule has 0 atom stereocenters. The number of hydrogen-bond acceptors (Lipinski definition) is 3. The SMILES string of the molecule is Fc1cnc(Cl)nc1SCc1ccccc1. The van der Waals surface area contributed by atoms with E-state index in [-0.39, 0.29) is 10.3 Å². The van der Waals surface area contributed by atoms with Crippen molar-refractivity contribution in [3.8, 4) is 0 Å². The van der Waals surface area contributed by atoms with E-state index in [1.54, 1.807) is 0 Å². The van der Waals surface area contributed by atoms with Crippen LogP contribution in [0.15, 0.2) is 41.6 Å². The van der Waals surface area contributed by atoms with Gasteiger partial charge in [0.2, 0.25) is 5.28 Å². The minimum Gasteiger partial charge on any atom is -0.223 e. The van der Waals surface area contributed by atoms with Crippen LogP contribution in [-0.4, -0.2) is 9.97 Å². The average molecular weight is 255 g/mol. The normalized spacial score (nSPS) is 10.4. The van der Waals surface area contributed by atoms with Crippen LogP contribution in [0, 0.1) is 5.82 Å². The van der Waals surface area contributed by atoms with Crippen LogP contribution in [0.3, 0.4) is 0 Å². The summed E-state index contributed by atoms with van der Waals surface area (Å²) < 4.78 is 13.3. The second-order valence-corrected chi connectivity index (χ2v) is 4.37. The Hall–Kier alpha value is -1.13. The van der Waals surface area contributed by atoms with Crippen LogP contribution in [0.1, 0.15) is 5.56 Å². The maximum Gasteiger partial charge on any atom is 0.223 e. The van der Waals surface area contributed by atoms with Gasteiger partial charge in [-0.1, -0.05) is 42.1 Å². The molecule has 0 radical (unpaired) electrons. The molecular formula is C11H8ClFN2S. The summed E-state index contributed by atoms with van der Waals surface area (Å²) in [6.07, 6.45) is 1.09. The van der Waals surface area contributed by atoms with Gasteiger partial charge in [-0.15, -0.1) is 0 Å². The average Bonchev–Trinajstić information content (AvgIpc) is 2.32. The number of benzene rings is 1. The standard InChI is InChI=1S/C11H8ClFN2S/c12-11-14-6-9(13)10(15-11)16-7-8-4-2-1-3-5-8/h1-6H,7H2. The summed E-state index contributed by atoms with van der Waals surface area (Å²) in [4.78, 5) is 7.39. The van der Waals surface area contributed by atoms with E-state index < -0.39 is 5.82 Å². The maximum atomic E-state index is 13.3. The number of thioether (sulfide) groups is 1. The predicted octanol–water partition coefficient (Wildman–Crippen LogP) is 3.56. The fraction of sp³-hybridized carbons (Fsp3) is 0.0909. The molecule has 1 aromatic heterocycles. The maximum absolute atomic E-state index is 13.3. The van der Waals surface area contributed by atoms with Gasteiger partial charge in [-0.2, -0.15) is 0 Å². The molecule has 2 aromatic rings. The van der Waals surface area contributed by atoms with Gasteiger partial charge in [-0.25, -0.2) is 14.4 Å². The lowest BCUT2D eigenvalue weighted by molar-refractivity contribution is 0.579. The van der Waals surface area contributed by atoms with Gasteiger partial charge < -0.3 is 0 Å². The Balaban J connectivity index is 2.08. The molecule has 0 saturated heterocycles. The minimum absolute atomic E-state index is 0.0666. The summed E-state index contributed by atoms with van der Waals surface area (Å²) in [5.41, 5.74) is 1.11. The van der Waals surface area contributed by atoms with Crippen LogP contribution in [0.2, 0.25) is 5.28 Å². The van der Waals surface area contributed by atoms with Gasteiger partial charge in [0.15, 0.2) is 5.82 Å². The first kappa shape index (κ1) is 11.4. The molecule has 0 bridgehead atoms. The van der Waals surface area contributed by atoms with E-state index in [1.165, 1.54) is 11.8 Å². The van der Waals surface area contributed by atoms with E-state index in [0.717, 1.165) is 11.8 Å². The van der Waals surface area contributed by atoms with E-state index >= 15 is 0 Å². The molecule has 2 nitrogen and oxygen atoms in total. The lowest BCUT2D eigenvalue weighted by atomic mass is 10.2. The largest absolute Gasteiger partial charge is 0.223 e. The second kappa shape index (κ2) is 5.27. The van der Waals surface area contributed by atoms with Crippen molar-refractivity contribution >= 4 is 23.4 Å². The Morgan fingerprint density at radius 1 is 1.25 bits per heavy atom. The van der Waals surface area contributed by atoms with Crippen molar-refractivity contribution in [3.63, 3.8) is 0 Å². The van der Waals surface area contributed by atoms with Crippen molar-refractivity contribution in [2.24, 2.45) is 0 Å². The van der Waals surface area contributed by atoms with Gasteiger partial charge in [0.25, 0.3) is 0 Å². The molecule has 0 spiro atoms. The Morgan fingerprint density at radius 2 is 2.00 bits per heavy atom. The monoisotopic (exact) mass is 254 g/mol. The summed E-state index contributed by atoms with van der Waals surface area (Å²) in [7, 11) is 0. The van der Waals surface area contributed by atoms with Crippen LogP contribution in [-0.2, 0) is 5.75 Å². The van der Waals surface area contributed by atoms with Gasteiger partial charge in [-0.3, -0.25) is 0 Å². The predicted molar refractivity (Wildman–Crippen MR) is 63.0 cm³/mol. The summed E-state index contributed by atoms with van der Waals surface area (Å²) in [6, 6.07) is 9.79. The Bertz CT molecular complexity index is 479. The van der Waals surface area contributed by atoms with Crippen LogP contribution >= 0.6 is 23.4 Å². The molecule has 0 amide bonds. The second-order valence-electron chi connectivity index (χ2n) is 3.07. The molecule has 0 unspecified atom stereocenters. The van der Waals surface area contributed by atoms with Crippen molar-refractivity contribution in [3.05, 3.63) is 53.2 Å². The van der Waals surface area contributed by atoms with Crippen LogP contribution in [0.4, 0.5) is 4.39 Å². The zero-order valence-electron chi connectivity index (χ0n) is 8.23. The summed E-state index contributed by atoms with van der Waals surface area (Å²) in [5, 5.41) is 0.348. The minimum atomic E-state index is -0.440. The Labute approximate surface area is 102 Å². The molecule has 1 heterocycles. The van der Waals surface area contributed by atoms with Crippen molar-refractivity contribution in [1.29, 1.82) is 0 Å². The summed E-state index contributed by atoms with van der Waals surface area (Å²) in [5.74, 6) is 0.218. The summed E-state index contributed by atoms with van der Waals surface area (Å²) >= 11 is 6.90. The zero-order valence-corrected chi connectivity index (χ0v) is 9.80. The van der Waals surface area contributed by atoms with Crippen LogP contribution < -0.4 is 0 Å². The highest BCUT2D eigenvalue weighted by Crippen LogP contribution is 2.23. The van der Waals surface area contributed by atoms with E-state index in [1.807, 2.05) is 30.3 Å². The van der Waals surface area contributed by atoms with E-state index in [2.05, 4.69) is 9.97 Å². The van der Waals surface area contributed by atoms with Crippen molar-refractivity contribution in [2.45, 2.75) is 10.8 Å². The van der Waals surface area contributed by atoms with Gasteiger partial charge in [0, 0.05) is 5.75 Å². The molecule has 0 aliphatic rings. The van der Waals surface area contributed by atoms with E-state index in [4.69, 9.17) is 11.6 Å². The first-order chi connectivity index (χ1) is 7.75. The van der Waals surface area contributed by atoms with Crippen molar-refractivity contribution in [1.82, 2.24) is 9.97 Å². The molecule has 1 aromatic carbocycles. The van der Waals surface area contributed by atoms with Gasteiger partial charge in [-0.05, 0) is 17.2 Å². The van der Waals surface area contributed by atoms with Gasteiger partial charge in [0.05, 0.1) is 6.20 Å². The lowest BCUT2D eigenvalue weighted by Gasteiger charge is -2.02. The number of hydrogen-bond donors (Lipinski definition) is 0. The highest BCUT2D eigenvalue weighted by atomic mass is 35.5. The molecule has 0 N–H and O–H groups in total. The molecule has 0 fully saturated rings. The third-order valence-corrected chi connectivity index (χ3v) is 3.12. The molecular weight excluding hydrogens is 247 g/mol. The quantitative estimate of drug-likeness (QED) is 0.476. The fourth-order valence-corrected chi connectivity index (χ4v) is 2.18. The van der Waals surface area contributed by atoms with Crippen molar-refractivity contribution in [2.75, 3.05) is 0 Å². The smallest absolute Gasteiger partial charge is 0.223 e. The van der Waals surface area contributed by atoms with E-state index in [9.17, 15) is 4.39 Å². The Kier molecular flexibility index (Phi) is 3.74. The first-order valence-corrected chi connectivity index (χ1v) is 5.97. The highest BCUT2D eigenvalue weighted by Gasteiger charge is 2.06. The highest BCUT2D eigenvalue weighted by molar-refractivity contribution is 7.98. The topological polar surface area (TPSA) is 25.8 Å². The molecule has 0 aliphatic heterocycles. The van der Waals surface area contributed by atoms with Crippen LogP contribution in [0.25, 0.3) is 0 Å². The molecule has 2 rings (SSSR count). The molecule has 5 heteroatoms. The van der Waals surface area contributed by atoms with Gasteiger partial charge >= 0.3 is 0 Å². The molecule has 0 saturated carbocycles. The number of rotatable bonds is 3. The Morgan fingerprint density at radius 3 is 2.75 bits per heavy atom. The number of nitrogens with zero attached hydrogens (tertiary/aromatic N) is 2. The third-order valence-electron chi connectivity index (χ3n) is 1.90. The molecule has 82 valence electrons. The third kappa shape index (κ3) is 2.93. The summed E-state index contributed by atoms with van der Waals surface area (Å²) in [6.45, 7) is 0. The van der Waals surface area contributed by atoms with Crippen molar-refractivity contribution < 1.29 is 4.39 Å². The zero-order chi connectivity index (χ0) is 11.4. The first-order valence-electron chi connectivity index (χ1n) is 4.60. The lowest BCUT2D eigenvalue weighted by Crippen LogP contribution is -1.91. The van der Waals surface area contributed by atoms with E-state index in [0.29, 0.717) is 5.75 Å². The number of aromatic nitrogens is 2. The molecule has 0 aliphatic carbocycles. The number of halogens is 2. The fourth-order valence-electron chi connectivity index (χ4n) is 1.16. The molecule has 16 heavy (non-hydrogen) atoms. The van der Waals surface area contributed by atoms with Gasteiger partial charge in [0.1, 0.15) is 5.03 Å². The van der Waals surface area contributed by atoms with Crippen LogP contribution in [0.5, 0.6) is 0 Å².